The van der Waals surface area contributed by atoms with Crippen LogP contribution in [0.2, 0.25) is 0 Å². The van der Waals surface area contributed by atoms with Crippen molar-refractivity contribution in [3.05, 3.63) is 52.1 Å². The van der Waals surface area contributed by atoms with Crippen LogP contribution in [0, 0.1) is 0 Å². The Kier molecular flexibility index (Phi) is 20.2. The Labute approximate surface area is 309 Å². The number of hydrogen-bond donors (Lipinski definition) is 0. The maximum Gasteiger partial charge on any atom is 0.201 e. The van der Waals surface area contributed by atoms with Crippen molar-refractivity contribution in [3.8, 4) is 17.2 Å². The average molecular weight is 745 g/mol. The fourth-order valence-corrected chi connectivity index (χ4v) is 7.53. The van der Waals surface area contributed by atoms with E-state index in [0.29, 0.717) is 33.9 Å². The van der Waals surface area contributed by atoms with E-state index < -0.39 is 0 Å². The summed E-state index contributed by atoms with van der Waals surface area (Å²) >= 11 is 0. The minimum atomic E-state index is -0.241. The third-order valence-electron chi connectivity index (χ3n) is 10.3. The Bertz CT molecular complexity index is 1250. The Balaban J connectivity index is 0.00000833. The lowest BCUT2D eigenvalue weighted by molar-refractivity contribution is -0.941. The van der Waals surface area contributed by atoms with Crippen LogP contribution in [0.25, 0.3) is 0 Å². The van der Waals surface area contributed by atoms with Crippen molar-refractivity contribution in [2.24, 2.45) is 0 Å². The molecule has 2 aromatic carbocycles. The van der Waals surface area contributed by atoms with Crippen molar-refractivity contribution in [3.63, 3.8) is 0 Å². The first-order valence-corrected chi connectivity index (χ1v) is 19.3. The third-order valence-corrected chi connectivity index (χ3v) is 10.3. The molecule has 7 heteroatoms. The van der Waals surface area contributed by atoms with Crippen LogP contribution < -0.4 is 31.2 Å². The van der Waals surface area contributed by atoms with Gasteiger partial charge in [0.25, 0.3) is 0 Å². The predicted molar refractivity (Wildman–Crippen MR) is 198 cm³/mol. The van der Waals surface area contributed by atoms with Gasteiger partial charge in [0.1, 0.15) is 23.8 Å². The van der Waals surface area contributed by atoms with Gasteiger partial charge in [-0.2, -0.15) is 0 Å². The van der Waals surface area contributed by atoms with Crippen molar-refractivity contribution in [1.29, 1.82) is 0 Å². The van der Waals surface area contributed by atoms with E-state index in [2.05, 4.69) is 20.8 Å². The molecule has 6 nitrogen and oxygen atoms in total. The molecule has 1 aliphatic carbocycles. The SMILES string of the molecule is CCCCCCCC[N+](CCCCCCCC)(CCCCCCCC)Cc1cc(OC)c2c(c1)C(=O)c1cc(OC)cc(OC)c1C2=O.[Br-]. The number of hydrogen-bond acceptors (Lipinski definition) is 5. The van der Waals surface area contributed by atoms with Crippen molar-refractivity contribution < 1.29 is 45.3 Å². The summed E-state index contributed by atoms with van der Waals surface area (Å²) in [5, 5.41) is 0. The van der Waals surface area contributed by atoms with Gasteiger partial charge in [-0.1, -0.05) is 97.8 Å². The first kappa shape index (κ1) is 42.8. The number of carbonyl (C=O) groups excluding carboxylic acids is 2. The monoisotopic (exact) mass is 743 g/mol. The Hall–Kier alpha value is -2.38. The molecule has 2 aromatic rings. The third kappa shape index (κ3) is 12.4. The number of methoxy groups -OCH3 is 3. The van der Waals surface area contributed by atoms with Crippen LogP contribution in [0.3, 0.4) is 0 Å². The number of fused-ring (bicyclic) bond motifs is 2. The molecule has 0 radical (unpaired) electrons. The van der Waals surface area contributed by atoms with E-state index in [1.54, 1.807) is 26.4 Å². The summed E-state index contributed by atoms with van der Waals surface area (Å²) < 4.78 is 17.9. The molecule has 276 valence electrons. The molecule has 0 aliphatic heterocycles. The standard InChI is InChI=1S/C42H66NO5.BrH/c1-7-10-13-16-19-22-25-43(26-23-20-17-14-11-8-2,27-24-21-18-15-12-9-3)32-33-28-35-39(37(29-33)47-5)42(45)40-36(41(35)44)30-34(46-4)31-38(40)48-6;/h28-31H,7-27,32H2,1-6H3;1H/q+1;/p-1. The van der Waals surface area contributed by atoms with E-state index in [9.17, 15) is 9.59 Å². The Morgan fingerprint density at radius 2 is 0.898 bits per heavy atom. The van der Waals surface area contributed by atoms with Crippen molar-refractivity contribution >= 4 is 11.6 Å². The number of halogens is 1. The summed E-state index contributed by atoms with van der Waals surface area (Å²) in [6.45, 7) is 11.1. The van der Waals surface area contributed by atoms with Crippen LogP contribution in [0.15, 0.2) is 24.3 Å². The van der Waals surface area contributed by atoms with Crippen LogP contribution in [-0.4, -0.2) is 57.0 Å². The molecule has 0 spiro atoms. The fraction of sp³-hybridized carbons (Fsp3) is 0.667. The van der Waals surface area contributed by atoms with Gasteiger partial charge in [0.15, 0.2) is 5.78 Å². The van der Waals surface area contributed by atoms with Gasteiger partial charge in [-0.05, 0) is 56.7 Å². The summed E-state index contributed by atoms with van der Waals surface area (Å²) in [4.78, 5) is 28.1. The fourth-order valence-electron chi connectivity index (χ4n) is 7.53. The maximum absolute atomic E-state index is 14.1. The van der Waals surface area contributed by atoms with Gasteiger partial charge in [-0.3, -0.25) is 9.59 Å². The number of benzene rings is 2. The molecule has 0 saturated heterocycles. The number of ether oxygens (including phenoxy) is 3. The lowest BCUT2D eigenvalue weighted by Crippen LogP contribution is -3.00. The highest BCUT2D eigenvalue weighted by atomic mass is 79.9. The molecule has 0 heterocycles. The highest BCUT2D eigenvalue weighted by Crippen LogP contribution is 2.40. The summed E-state index contributed by atoms with van der Waals surface area (Å²) in [5.74, 6) is 0.881. The van der Waals surface area contributed by atoms with Gasteiger partial charge in [0.2, 0.25) is 5.78 Å². The molecule has 0 N–H and O–H groups in total. The molecular weight excluding hydrogens is 678 g/mol. The highest BCUT2D eigenvalue weighted by Gasteiger charge is 2.37. The molecule has 0 unspecified atom stereocenters. The second-order valence-corrected chi connectivity index (χ2v) is 14.1. The first-order valence-electron chi connectivity index (χ1n) is 19.3. The average Bonchev–Trinajstić information content (AvgIpc) is 3.10. The van der Waals surface area contributed by atoms with Crippen molar-refractivity contribution in [2.75, 3.05) is 41.0 Å². The van der Waals surface area contributed by atoms with Gasteiger partial charge >= 0.3 is 0 Å². The zero-order valence-electron chi connectivity index (χ0n) is 31.7. The summed E-state index contributed by atoms with van der Waals surface area (Å²) in [6, 6.07) is 7.34. The zero-order chi connectivity index (χ0) is 34.8. The summed E-state index contributed by atoms with van der Waals surface area (Å²) in [5.41, 5.74) is 2.45. The molecule has 0 bridgehead atoms. The Morgan fingerprint density at radius 1 is 0.490 bits per heavy atom. The lowest BCUT2D eigenvalue weighted by Gasteiger charge is -2.40. The minimum Gasteiger partial charge on any atom is -1.00 e. The molecule has 49 heavy (non-hydrogen) atoms. The van der Waals surface area contributed by atoms with Crippen LogP contribution in [0.4, 0.5) is 0 Å². The van der Waals surface area contributed by atoms with Gasteiger partial charge in [0, 0.05) is 22.8 Å². The van der Waals surface area contributed by atoms with Crippen LogP contribution in [0.5, 0.6) is 17.2 Å². The van der Waals surface area contributed by atoms with E-state index in [1.807, 2.05) is 12.1 Å². The van der Waals surface area contributed by atoms with Gasteiger partial charge in [-0.15, -0.1) is 0 Å². The molecular formula is C42H66BrNO5. The second-order valence-electron chi connectivity index (χ2n) is 14.1. The van der Waals surface area contributed by atoms with E-state index in [4.69, 9.17) is 14.2 Å². The largest absolute Gasteiger partial charge is 1.00 e. The zero-order valence-corrected chi connectivity index (χ0v) is 33.3. The topological polar surface area (TPSA) is 61.8 Å². The maximum atomic E-state index is 14.1. The minimum absolute atomic E-state index is 0. The quantitative estimate of drug-likeness (QED) is 0.0619. The summed E-state index contributed by atoms with van der Waals surface area (Å²) in [7, 11) is 4.67. The van der Waals surface area contributed by atoms with Gasteiger partial charge < -0.3 is 35.7 Å². The van der Waals surface area contributed by atoms with Crippen molar-refractivity contribution in [1.82, 2.24) is 0 Å². The number of nitrogens with zero attached hydrogens (tertiary/aromatic N) is 1. The molecule has 0 saturated carbocycles. The molecule has 0 fully saturated rings. The molecule has 1 aliphatic rings. The van der Waals surface area contributed by atoms with Gasteiger partial charge in [-0.25, -0.2) is 0 Å². The number of ketones is 2. The lowest BCUT2D eigenvalue weighted by atomic mass is 9.82. The van der Waals surface area contributed by atoms with E-state index >= 15 is 0 Å². The second kappa shape index (κ2) is 23.2. The van der Waals surface area contributed by atoms with E-state index in [0.717, 1.165) is 36.2 Å². The number of quaternary nitrogens is 1. The molecule has 0 atom stereocenters. The smallest absolute Gasteiger partial charge is 0.201 e. The van der Waals surface area contributed by atoms with Gasteiger partial charge in [0.05, 0.1) is 52.1 Å². The molecule has 3 rings (SSSR count). The Morgan fingerprint density at radius 3 is 1.33 bits per heavy atom. The number of rotatable bonds is 26. The summed E-state index contributed by atoms with van der Waals surface area (Å²) in [6.07, 6.45) is 23.1. The molecule has 0 amide bonds. The van der Waals surface area contributed by atoms with Crippen LogP contribution >= 0.6 is 0 Å². The number of unbranched alkanes of at least 4 members (excludes halogenated alkanes) is 15. The van der Waals surface area contributed by atoms with Crippen LogP contribution in [0.1, 0.15) is 174 Å². The number of carbonyl (C=O) groups is 2. The van der Waals surface area contributed by atoms with E-state index in [-0.39, 0.29) is 34.1 Å². The van der Waals surface area contributed by atoms with Crippen molar-refractivity contribution in [2.45, 2.75) is 143 Å². The van der Waals surface area contributed by atoms with Crippen LogP contribution in [-0.2, 0) is 6.54 Å². The predicted octanol–water partition coefficient (Wildman–Crippen LogP) is 7.89. The highest BCUT2D eigenvalue weighted by molar-refractivity contribution is 6.30. The van der Waals surface area contributed by atoms with E-state index in [1.165, 1.54) is 123 Å². The molecule has 0 aromatic heterocycles. The first-order chi connectivity index (χ1) is 23.4. The normalized spacial score (nSPS) is 12.4.